The Bertz CT molecular complexity index is 525. The quantitative estimate of drug-likeness (QED) is 0.932. The minimum absolute atomic E-state index is 0.0620. The average Bonchev–Trinajstić information content (AvgIpc) is 3.04. The van der Waals surface area contributed by atoms with Crippen molar-refractivity contribution in [2.45, 2.75) is 38.7 Å². The van der Waals surface area contributed by atoms with Crippen molar-refractivity contribution in [2.24, 2.45) is 23.7 Å². The molecule has 1 amide bonds. The van der Waals surface area contributed by atoms with Crippen LogP contribution in [0.25, 0.3) is 0 Å². The molecule has 2 bridgehead atoms. The van der Waals surface area contributed by atoms with Crippen LogP contribution in [0.4, 0.5) is 0 Å². The van der Waals surface area contributed by atoms with E-state index in [2.05, 4.69) is 4.90 Å². The van der Waals surface area contributed by atoms with Gasteiger partial charge in [-0.25, -0.2) is 0 Å². The molecule has 5 rings (SSSR count). The molecule has 2 atom stereocenters. The number of hydrogen-bond donors (Lipinski definition) is 1. The molecule has 3 aliphatic carbocycles. The molecule has 0 unspecified atom stereocenters. The summed E-state index contributed by atoms with van der Waals surface area (Å²) in [4.78, 5) is 14.8. The molecule has 1 aromatic rings. The van der Waals surface area contributed by atoms with Gasteiger partial charge in [0.15, 0.2) is 0 Å². The first kappa shape index (κ1) is 14.3. The van der Waals surface area contributed by atoms with Crippen molar-refractivity contribution in [1.29, 1.82) is 0 Å². The molecule has 1 N–H and O–H groups in total. The predicted molar refractivity (Wildman–Crippen MR) is 85.1 cm³/mol. The third kappa shape index (κ3) is 2.45. The van der Waals surface area contributed by atoms with Crippen LogP contribution < -0.4 is 0 Å². The highest BCUT2D eigenvalue weighted by molar-refractivity contribution is 5.79. The lowest BCUT2D eigenvalue weighted by atomic mass is 9.60. The zero-order valence-electron chi connectivity index (χ0n) is 13.1. The molecule has 0 spiro atoms. The molecule has 22 heavy (non-hydrogen) atoms. The van der Waals surface area contributed by atoms with Gasteiger partial charge in [-0.05, 0) is 60.5 Å². The largest absolute Gasteiger partial charge is 0.392 e. The number of likely N-dealkylation sites (tertiary alicyclic amines) is 1. The number of amides is 1. The van der Waals surface area contributed by atoms with Gasteiger partial charge in [-0.15, -0.1) is 0 Å². The second kappa shape index (κ2) is 5.69. The Balaban J connectivity index is 1.41. The van der Waals surface area contributed by atoms with Gasteiger partial charge in [0.1, 0.15) is 0 Å². The number of benzene rings is 1. The fourth-order valence-corrected chi connectivity index (χ4v) is 5.11. The molecule has 3 saturated carbocycles. The van der Waals surface area contributed by atoms with Crippen LogP contribution in [0.5, 0.6) is 0 Å². The fourth-order valence-electron chi connectivity index (χ4n) is 5.11. The highest BCUT2D eigenvalue weighted by Gasteiger charge is 2.48. The number of rotatable bonds is 3. The zero-order valence-corrected chi connectivity index (χ0v) is 13.1. The summed E-state index contributed by atoms with van der Waals surface area (Å²) >= 11 is 0. The van der Waals surface area contributed by atoms with Crippen molar-refractivity contribution in [2.75, 3.05) is 13.1 Å². The third-order valence-corrected chi connectivity index (χ3v) is 6.35. The van der Waals surface area contributed by atoms with Gasteiger partial charge in [-0.2, -0.15) is 0 Å². The first-order chi connectivity index (χ1) is 10.7. The van der Waals surface area contributed by atoms with Gasteiger partial charge < -0.3 is 10.0 Å². The molecular weight excluding hydrogens is 274 g/mol. The van der Waals surface area contributed by atoms with Gasteiger partial charge in [0.2, 0.25) is 5.91 Å². The number of hydrogen-bond acceptors (Lipinski definition) is 2. The minimum Gasteiger partial charge on any atom is -0.392 e. The molecule has 0 aromatic heterocycles. The van der Waals surface area contributed by atoms with E-state index in [9.17, 15) is 4.79 Å². The molecule has 3 nitrogen and oxygen atoms in total. The maximum atomic E-state index is 12.6. The second-order valence-corrected chi connectivity index (χ2v) is 7.45. The molecular formula is C19H25NO2. The maximum Gasteiger partial charge on any atom is 0.227 e. The van der Waals surface area contributed by atoms with Crippen molar-refractivity contribution in [3.63, 3.8) is 0 Å². The van der Waals surface area contributed by atoms with Gasteiger partial charge >= 0.3 is 0 Å². The summed E-state index contributed by atoms with van der Waals surface area (Å²) in [5.74, 6) is 3.63. The molecule has 4 aliphatic rings. The first-order valence-corrected chi connectivity index (χ1v) is 8.71. The third-order valence-electron chi connectivity index (χ3n) is 6.35. The SMILES string of the molecule is O=C(Cc1ccc(CO)cc1)N1C[C@@H]2C3CCC(CC3)[C@@H]2C1. The van der Waals surface area contributed by atoms with E-state index in [1.807, 2.05) is 24.3 Å². The van der Waals surface area contributed by atoms with Crippen molar-refractivity contribution in [1.82, 2.24) is 4.90 Å². The van der Waals surface area contributed by atoms with Gasteiger partial charge in [0.25, 0.3) is 0 Å². The lowest BCUT2D eigenvalue weighted by Gasteiger charge is -2.44. The molecule has 1 heterocycles. The van der Waals surface area contributed by atoms with Crippen LogP contribution in [0, 0.1) is 23.7 Å². The minimum atomic E-state index is 0.0620. The van der Waals surface area contributed by atoms with E-state index in [-0.39, 0.29) is 12.5 Å². The summed E-state index contributed by atoms with van der Waals surface area (Å²) < 4.78 is 0. The topological polar surface area (TPSA) is 40.5 Å². The van der Waals surface area contributed by atoms with Crippen molar-refractivity contribution in [3.05, 3.63) is 35.4 Å². The summed E-state index contributed by atoms with van der Waals surface area (Å²) in [6.07, 6.45) is 6.10. The molecule has 4 fully saturated rings. The van der Waals surface area contributed by atoms with E-state index in [4.69, 9.17) is 5.11 Å². The number of fused-ring (bicyclic) bond motifs is 2. The molecule has 0 radical (unpaired) electrons. The smallest absolute Gasteiger partial charge is 0.227 e. The Labute approximate surface area is 132 Å². The standard InChI is InChI=1S/C19H25NO2/c21-12-14-3-1-13(2-4-14)9-19(22)20-10-17-15-5-6-16(8-7-15)18(17)11-20/h1-4,15-18,21H,5-12H2/t15?,16?,17-,18+. The molecule has 1 aromatic carbocycles. The van der Waals surface area contributed by atoms with Crippen LogP contribution in [-0.4, -0.2) is 29.0 Å². The van der Waals surface area contributed by atoms with E-state index in [0.29, 0.717) is 6.42 Å². The summed E-state index contributed by atoms with van der Waals surface area (Å²) in [6.45, 7) is 2.06. The van der Waals surface area contributed by atoms with Crippen LogP contribution in [0.15, 0.2) is 24.3 Å². The molecule has 1 saturated heterocycles. The van der Waals surface area contributed by atoms with E-state index < -0.39 is 0 Å². The summed E-state index contributed by atoms with van der Waals surface area (Å²) in [5, 5.41) is 9.08. The highest BCUT2D eigenvalue weighted by atomic mass is 16.3. The van der Waals surface area contributed by atoms with E-state index in [0.717, 1.165) is 47.9 Å². The van der Waals surface area contributed by atoms with Crippen LogP contribution >= 0.6 is 0 Å². The van der Waals surface area contributed by atoms with Crippen molar-refractivity contribution >= 4 is 5.91 Å². The van der Waals surface area contributed by atoms with Crippen LogP contribution in [0.1, 0.15) is 36.8 Å². The monoisotopic (exact) mass is 299 g/mol. The molecule has 118 valence electrons. The lowest BCUT2D eigenvalue weighted by molar-refractivity contribution is -0.129. The number of aliphatic hydroxyl groups is 1. The van der Waals surface area contributed by atoms with Crippen LogP contribution in [0.3, 0.4) is 0 Å². The van der Waals surface area contributed by atoms with Crippen LogP contribution in [-0.2, 0) is 17.8 Å². The number of carbonyl (C=O) groups excluding carboxylic acids is 1. The summed E-state index contributed by atoms with van der Waals surface area (Å²) in [6, 6.07) is 7.76. The number of nitrogens with zero attached hydrogens (tertiary/aromatic N) is 1. The second-order valence-electron chi connectivity index (χ2n) is 7.45. The van der Waals surface area contributed by atoms with Gasteiger partial charge in [-0.3, -0.25) is 4.79 Å². The van der Waals surface area contributed by atoms with Gasteiger partial charge in [-0.1, -0.05) is 24.3 Å². The molecule has 3 heteroatoms. The van der Waals surface area contributed by atoms with Crippen molar-refractivity contribution in [3.8, 4) is 0 Å². The van der Waals surface area contributed by atoms with E-state index in [1.54, 1.807) is 0 Å². The zero-order chi connectivity index (χ0) is 15.1. The number of aliphatic hydroxyl groups excluding tert-OH is 1. The van der Waals surface area contributed by atoms with E-state index >= 15 is 0 Å². The Kier molecular flexibility index (Phi) is 3.69. The first-order valence-electron chi connectivity index (χ1n) is 8.71. The summed E-state index contributed by atoms with van der Waals surface area (Å²) in [7, 11) is 0. The van der Waals surface area contributed by atoms with Gasteiger partial charge in [0, 0.05) is 13.1 Å². The normalized spacial score (nSPS) is 33.0. The Hall–Kier alpha value is -1.35. The van der Waals surface area contributed by atoms with Crippen molar-refractivity contribution < 1.29 is 9.90 Å². The average molecular weight is 299 g/mol. The summed E-state index contributed by atoms with van der Waals surface area (Å²) in [5.41, 5.74) is 1.96. The Morgan fingerprint density at radius 1 is 0.955 bits per heavy atom. The van der Waals surface area contributed by atoms with E-state index in [1.165, 1.54) is 25.7 Å². The fraction of sp³-hybridized carbons (Fsp3) is 0.632. The Morgan fingerprint density at radius 2 is 1.45 bits per heavy atom. The number of carbonyl (C=O) groups is 1. The van der Waals surface area contributed by atoms with Gasteiger partial charge in [0.05, 0.1) is 13.0 Å². The highest BCUT2D eigenvalue weighted by Crippen LogP contribution is 2.51. The predicted octanol–water partition coefficient (Wildman–Crippen LogP) is 2.62. The maximum absolute atomic E-state index is 12.6. The molecule has 1 aliphatic heterocycles. The lowest BCUT2D eigenvalue weighted by Crippen LogP contribution is -2.38. The van der Waals surface area contributed by atoms with Crippen LogP contribution in [0.2, 0.25) is 0 Å². The Morgan fingerprint density at radius 3 is 1.95 bits per heavy atom.